The number of carbonyl (C=O) groups excluding carboxylic acids is 1. The lowest BCUT2D eigenvalue weighted by molar-refractivity contribution is -0.116. The van der Waals surface area contributed by atoms with Crippen LogP contribution in [0.15, 0.2) is 47.3 Å². The van der Waals surface area contributed by atoms with Gasteiger partial charge in [0.1, 0.15) is 23.9 Å². The Morgan fingerprint density at radius 2 is 1.93 bits per heavy atom. The van der Waals surface area contributed by atoms with Gasteiger partial charge < -0.3 is 19.4 Å². The van der Waals surface area contributed by atoms with E-state index in [0.717, 1.165) is 0 Å². The number of halogens is 1. The van der Waals surface area contributed by atoms with Crippen LogP contribution in [0.25, 0.3) is 10.9 Å². The van der Waals surface area contributed by atoms with Gasteiger partial charge in [-0.1, -0.05) is 6.07 Å². The van der Waals surface area contributed by atoms with Crippen LogP contribution in [0, 0.1) is 12.7 Å². The lowest BCUT2D eigenvalue weighted by atomic mass is 10.1. The number of aromatic nitrogens is 1. The fourth-order valence-electron chi connectivity index (χ4n) is 2.95. The summed E-state index contributed by atoms with van der Waals surface area (Å²) in [5.74, 6) is 0.0995. The molecule has 7 heteroatoms. The van der Waals surface area contributed by atoms with Crippen molar-refractivity contribution in [1.29, 1.82) is 0 Å². The first-order chi connectivity index (χ1) is 12.9. The second-order valence-electron chi connectivity index (χ2n) is 5.99. The van der Waals surface area contributed by atoms with Gasteiger partial charge in [-0.2, -0.15) is 0 Å². The van der Waals surface area contributed by atoms with E-state index in [1.807, 2.05) is 0 Å². The molecule has 0 bridgehead atoms. The van der Waals surface area contributed by atoms with Gasteiger partial charge in [0.2, 0.25) is 5.91 Å². The Morgan fingerprint density at radius 3 is 2.63 bits per heavy atom. The maximum atomic E-state index is 14.4. The minimum atomic E-state index is -0.553. The molecule has 0 aliphatic rings. The Balaban J connectivity index is 1.95. The van der Waals surface area contributed by atoms with Crippen molar-refractivity contribution in [2.45, 2.75) is 13.5 Å². The number of amides is 1. The number of hydrogen-bond acceptors (Lipinski definition) is 4. The van der Waals surface area contributed by atoms with Crippen molar-refractivity contribution in [3.63, 3.8) is 0 Å². The lowest BCUT2D eigenvalue weighted by Gasteiger charge is -2.16. The van der Waals surface area contributed by atoms with E-state index >= 15 is 0 Å². The first kappa shape index (κ1) is 18.4. The van der Waals surface area contributed by atoms with Gasteiger partial charge in [0.25, 0.3) is 0 Å². The highest BCUT2D eigenvalue weighted by molar-refractivity contribution is 5.93. The third-order valence-corrected chi connectivity index (χ3v) is 4.27. The minimum Gasteiger partial charge on any atom is -0.497 e. The van der Waals surface area contributed by atoms with E-state index in [4.69, 9.17) is 9.47 Å². The Labute approximate surface area is 155 Å². The molecule has 1 amide bonds. The minimum absolute atomic E-state index is 0.111. The van der Waals surface area contributed by atoms with Gasteiger partial charge in [-0.25, -0.2) is 4.39 Å². The number of pyridine rings is 1. The van der Waals surface area contributed by atoms with E-state index in [1.54, 1.807) is 31.2 Å². The first-order valence-corrected chi connectivity index (χ1v) is 8.25. The Bertz CT molecular complexity index is 1080. The molecular formula is C20H19FN2O4. The lowest BCUT2D eigenvalue weighted by Crippen LogP contribution is -2.23. The van der Waals surface area contributed by atoms with E-state index in [-0.39, 0.29) is 28.8 Å². The number of rotatable bonds is 5. The van der Waals surface area contributed by atoms with E-state index in [2.05, 4.69) is 5.32 Å². The van der Waals surface area contributed by atoms with Crippen LogP contribution in [0.4, 0.5) is 10.1 Å². The number of aryl methyl sites for hydroxylation is 1. The number of carbonyl (C=O) groups is 1. The maximum Gasteiger partial charge on any atom is 0.244 e. The molecule has 2 aromatic carbocycles. The summed E-state index contributed by atoms with van der Waals surface area (Å²) >= 11 is 0. The summed E-state index contributed by atoms with van der Waals surface area (Å²) in [7, 11) is 3.02. The zero-order valence-corrected chi connectivity index (χ0v) is 15.2. The van der Waals surface area contributed by atoms with Crippen molar-refractivity contribution in [1.82, 2.24) is 4.57 Å². The van der Waals surface area contributed by atoms with Crippen LogP contribution < -0.4 is 20.2 Å². The molecule has 6 nitrogen and oxygen atoms in total. The smallest absolute Gasteiger partial charge is 0.244 e. The van der Waals surface area contributed by atoms with Gasteiger partial charge in [0.05, 0.1) is 25.4 Å². The van der Waals surface area contributed by atoms with Crippen LogP contribution >= 0.6 is 0 Å². The quantitative estimate of drug-likeness (QED) is 0.749. The largest absolute Gasteiger partial charge is 0.497 e. The Morgan fingerprint density at radius 1 is 1.15 bits per heavy atom. The molecule has 1 heterocycles. The molecule has 0 aliphatic heterocycles. The first-order valence-electron chi connectivity index (χ1n) is 8.25. The van der Waals surface area contributed by atoms with Gasteiger partial charge in [-0.05, 0) is 31.2 Å². The number of para-hydroxylation sites is 1. The molecule has 0 aliphatic carbocycles. The van der Waals surface area contributed by atoms with Crippen LogP contribution in [-0.4, -0.2) is 24.7 Å². The molecule has 3 rings (SSSR count). The molecule has 0 saturated carbocycles. The molecule has 140 valence electrons. The van der Waals surface area contributed by atoms with Gasteiger partial charge >= 0.3 is 0 Å². The molecule has 0 spiro atoms. The van der Waals surface area contributed by atoms with Gasteiger partial charge in [-0.3, -0.25) is 9.59 Å². The summed E-state index contributed by atoms with van der Waals surface area (Å²) in [6.45, 7) is 1.51. The van der Waals surface area contributed by atoms with Crippen molar-refractivity contribution in [3.8, 4) is 11.5 Å². The van der Waals surface area contributed by atoms with Crippen LogP contribution in [0.5, 0.6) is 11.5 Å². The number of benzene rings is 2. The number of nitrogens with one attached hydrogen (secondary N) is 1. The maximum absolute atomic E-state index is 14.4. The molecule has 27 heavy (non-hydrogen) atoms. The van der Waals surface area contributed by atoms with Crippen LogP contribution in [-0.2, 0) is 11.3 Å². The van der Waals surface area contributed by atoms with Crippen LogP contribution in [0.1, 0.15) is 5.69 Å². The predicted octanol–water partition coefficient (Wildman–Crippen LogP) is 3.10. The third kappa shape index (κ3) is 3.62. The van der Waals surface area contributed by atoms with Crippen molar-refractivity contribution in [2.24, 2.45) is 0 Å². The summed E-state index contributed by atoms with van der Waals surface area (Å²) in [5, 5.41) is 2.98. The molecule has 0 unspecified atom stereocenters. The zero-order valence-electron chi connectivity index (χ0n) is 15.2. The molecule has 0 fully saturated rings. The third-order valence-electron chi connectivity index (χ3n) is 4.27. The van der Waals surface area contributed by atoms with E-state index in [1.165, 1.54) is 37.0 Å². The molecule has 0 atom stereocenters. The molecule has 1 N–H and O–H groups in total. The van der Waals surface area contributed by atoms with Crippen LogP contribution in [0.3, 0.4) is 0 Å². The second-order valence-corrected chi connectivity index (χ2v) is 5.99. The molecule has 0 radical (unpaired) electrons. The highest BCUT2D eigenvalue weighted by Crippen LogP contribution is 2.29. The topological polar surface area (TPSA) is 69.6 Å². The van der Waals surface area contributed by atoms with Gasteiger partial charge in [0, 0.05) is 23.2 Å². The molecule has 0 saturated heterocycles. The summed E-state index contributed by atoms with van der Waals surface area (Å²) in [6.07, 6.45) is 0. The average Bonchev–Trinajstić information content (AvgIpc) is 2.65. The SMILES string of the molecule is COc1ccc(NC(=O)Cn2c(C)cc(=O)c3cccc(F)c32)c(OC)c1. The Hall–Kier alpha value is -3.35. The van der Waals surface area contributed by atoms with Gasteiger partial charge in [0.15, 0.2) is 5.43 Å². The van der Waals surface area contributed by atoms with Crippen molar-refractivity contribution >= 4 is 22.5 Å². The summed E-state index contributed by atoms with van der Waals surface area (Å²) in [5.41, 5.74) is 0.788. The highest BCUT2D eigenvalue weighted by Gasteiger charge is 2.15. The average molecular weight is 370 g/mol. The molecule has 3 aromatic rings. The second kappa shape index (κ2) is 7.49. The van der Waals surface area contributed by atoms with E-state index < -0.39 is 5.82 Å². The normalized spacial score (nSPS) is 10.7. The highest BCUT2D eigenvalue weighted by atomic mass is 19.1. The number of ether oxygens (including phenoxy) is 2. The Kier molecular flexibility index (Phi) is 5.12. The zero-order chi connectivity index (χ0) is 19.6. The van der Waals surface area contributed by atoms with E-state index in [9.17, 15) is 14.0 Å². The fourth-order valence-corrected chi connectivity index (χ4v) is 2.95. The predicted molar refractivity (Wildman–Crippen MR) is 101 cm³/mol. The van der Waals surface area contributed by atoms with Crippen molar-refractivity contribution < 1.29 is 18.7 Å². The number of hydrogen-bond donors (Lipinski definition) is 1. The fraction of sp³-hybridized carbons (Fsp3) is 0.200. The molecule has 1 aromatic heterocycles. The van der Waals surface area contributed by atoms with Crippen molar-refractivity contribution in [3.05, 3.63) is 64.2 Å². The number of anilines is 1. The van der Waals surface area contributed by atoms with E-state index in [0.29, 0.717) is 22.9 Å². The summed E-state index contributed by atoms with van der Waals surface area (Å²) in [4.78, 5) is 24.7. The standard InChI is InChI=1S/C20H19FN2O4/c1-12-9-17(24)14-5-4-6-15(21)20(14)23(12)11-19(25)22-16-8-7-13(26-2)10-18(16)27-3/h4-10H,11H2,1-3H3,(H,22,25). The van der Waals surface area contributed by atoms with Crippen LogP contribution in [0.2, 0.25) is 0 Å². The van der Waals surface area contributed by atoms with Gasteiger partial charge in [-0.15, -0.1) is 0 Å². The molecular weight excluding hydrogens is 351 g/mol. The van der Waals surface area contributed by atoms with Crippen molar-refractivity contribution in [2.75, 3.05) is 19.5 Å². The number of nitrogens with zero attached hydrogens (tertiary/aromatic N) is 1. The monoisotopic (exact) mass is 370 g/mol. The summed E-state index contributed by atoms with van der Waals surface area (Å²) in [6, 6.07) is 10.7. The summed E-state index contributed by atoms with van der Waals surface area (Å²) < 4.78 is 26.2. The number of fused-ring (bicyclic) bond motifs is 1. The number of methoxy groups -OCH3 is 2.